The third-order valence-corrected chi connectivity index (χ3v) is 4.00. The first-order valence-corrected chi connectivity index (χ1v) is 7.22. The van der Waals surface area contributed by atoms with Crippen LogP contribution in [0.1, 0.15) is 40.2 Å². The predicted octanol–water partition coefficient (Wildman–Crippen LogP) is 3.56. The third kappa shape index (κ3) is 2.87. The summed E-state index contributed by atoms with van der Waals surface area (Å²) < 4.78 is 0. The summed E-state index contributed by atoms with van der Waals surface area (Å²) in [5.74, 6) is -0.0540. The Morgan fingerprint density at radius 2 is 1.86 bits per heavy atom. The average Bonchev–Trinajstić information content (AvgIpc) is 2.55. The number of benzene rings is 2. The van der Waals surface area contributed by atoms with Crippen molar-refractivity contribution in [2.24, 2.45) is 0 Å². The standard InChI is InChI=1S/C18H17NO2/c20-12-13-8-10-15(11-9-13)19-18(21)17-7-3-5-14-4-1-2-6-16(14)17/h1-2,4,6,8-12,17H,3,5,7H2,(H,19,21). The minimum absolute atomic E-state index is 0.0287. The van der Waals surface area contributed by atoms with Crippen LogP contribution in [0.2, 0.25) is 0 Å². The van der Waals surface area contributed by atoms with E-state index >= 15 is 0 Å². The van der Waals surface area contributed by atoms with Gasteiger partial charge in [0.25, 0.3) is 0 Å². The normalized spacial score (nSPS) is 16.9. The monoisotopic (exact) mass is 279 g/mol. The molecule has 0 saturated carbocycles. The van der Waals surface area contributed by atoms with E-state index in [2.05, 4.69) is 11.4 Å². The SMILES string of the molecule is O=Cc1ccc(NC(=O)C2CCCc3ccccc32)cc1. The third-order valence-electron chi connectivity index (χ3n) is 4.00. The van der Waals surface area contributed by atoms with Crippen LogP contribution in [0.3, 0.4) is 0 Å². The number of hydrogen-bond acceptors (Lipinski definition) is 2. The zero-order valence-corrected chi connectivity index (χ0v) is 11.7. The van der Waals surface area contributed by atoms with Crippen LogP contribution in [-0.4, -0.2) is 12.2 Å². The van der Waals surface area contributed by atoms with Crippen molar-refractivity contribution in [2.45, 2.75) is 25.2 Å². The van der Waals surface area contributed by atoms with Crippen LogP contribution in [0.25, 0.3) is 0 Å². The molecule has 2 aromatic carbocycles. The number of aldehydes is 1. The number of aryl methyl sites for hydroxylation is 1. The van der Waals surface area contributed by atoms with E-state index in [1.165, 1.54) is 5.56 Å². The molecule has 106 valence electrons. The number of rotatable bonds is 3. The first kappa shape index (κ1) is 13.6. The summed E-state index contributed by atoms with van der Waals surface area (Å²) in [5.41, 5.74) is 3.76. The van der Waals surface area contributed by atoms with E-state index in [4.69, 9.17) is 0 Å². The topological polar surface area (TPSA) is 46.2 Å². The van der Waals surface area contributed by atoms with E-state index in [9.17, 15) is 9.59 Å². The van der Waals surface area contributed by atoms with Gasteiger partial charge in [0.15, 0.2) is 0 Å². The molecule has 1 aliphatic carbocycles. The molecule has 3 rings (SSSR count). The van der Waals surface area contributed by atoms with Crippen molar-refractivity contribution >= 4 is 17.9 Å². The second-order valence-electron chi connectivity index (χ2n) is 5.37. The number of fused-ring (bicyclic) bond motifs is 1. The molecule has 1 atom stereocenters. The fourth-order valence-electron chi connectivity index (χ4n) is 2.90. The van der Waals surface area contributed by atoms with Crippen molar-refractivity contribution in [3.05, 3.63) is 65.2 Å². The van der Waals surface area contributed by atoms with Crippen LogP contribution in [0.5, 0.6) is 0 Å². The lowest BCUT2D eigenvalue weighted by Gasteiger charge is -2.24. The molecule has 0 heterocycles. The molecule has 0 radical (unpaired) electrons. The number of amides is 1. The van der Waals surface area contributed by atoms with Crippen LogP contribution in [0.15, 0.2) is 48.5 Å². The highest BCUT2D eigenvalue weighted by Gasteiger charge is 2.26. The Morgan fingerprint density at radius 1 is 1.10 bits per heavy atom. The van der Waals surface area contributed by atoms with E-state index in [1.54, 1.807) is 24.3 Å². The van der Waals surface area contributed by atoms with Crippen LogP contribution < -0.4 is 5.32 Å². The summed E-state index contributed by atoms with van der Waals surface area (Å²) in [6, 6.07) is 15.1. The Kier molecular flexibility index (Phi) is 3.82. The van der Waals surface area contributed by atoms with E-state index in [0.717, 1.165) is 36.8 Å². The quantitative estimate of drug-likeness (QED) is 0.873. The van der Waals surface area contributed by atoms with Crippen LogP contribution in [-0.2, 0) is 11.2 Å². The van der Waals surface area contributed by atoms with Gasteiger partial charge in [0.1, 0.15) is 6.29 Å². The molecule has 3 heteroatoms. The van der Waals surface area contributed by atoms with Crippen LogP contribution in [0.4, 0.5) is 5.69 Å². The fourth-order valence-corrected chi connectivity index (χ4v) is 2.90. The molecule has 0 saturated heterocycles. The molecular weight excluding hydrogens is 262 g/mol. The summed E-state index contributed by atoms with van der Waals surface area (Å²) in [6.07, 6.45) is 3.77. The number of carbonyl (C=O) groups excluding carboxylic acids is 2. The Bertz CT molecular complexity index is 661. The van der Waals surface area contributed by atoms with Crippen LogP contribution >= 0.6 is 0 Å². The molecule has 0 aliphatic heterocycles. The molecule has 0 aromatic heterocycles. The molecule has 0 bridgehead atoms. The largest absolute Gasteiger partial charge is 0.326 e. The van der Waals surface area contributed by atoms with Crippen LogP contribution in [0, 0.1) is 0 Å². The van der Waals surface area contributed by atoms with Gasteiger partial charge in [-0.05, 0) is 54.7 Å². The zero-order valence-electron chi connectivity index (χ0n) is 11.7. The van der Waals surface area contributed by atoms with Gasteiger partial charge in [-0.3, -0.25) is 9.59 Å². The van der Waals surface area contributed by atoms with Crippen molar-refractivity contribution in [3.63, 3.8) is 0 Å². The van der Waals surface area contributed by atoms with Gasteiger partial charge in [-0.25, -0.2) is 0 Å². The number of hydrogen-bond donors (Lipinski definition) is 1. The van der Waals surface area contributed by atoms with Gasteiger partial charge in [-0.2, -0.15) is 0 Å². The van der Waals surface area contributed by atoms with Gasteiger partial charge < -0.3 is 5.32 Å². The second kappa shape index (κ2) is 5.92. The maximum atomic E-state index is 12.5. The van der Waals surface area contributed by atoms with Crippen molar-refractivity contribution in [1.82, 2.24) is 0 Å². The van der Waals surface area contributed by atoms with E-state index in [0.29, 0.717) is 5.56 Å². The number of anilines is 1. The Balaban J connectivity index is 1.78. The summed E-state index contributed by atoms with van der Waals surface area (Å²) in [6.45, 7) is 0. The molecule has 1 aliphatic rings. The summed E-state index contributed by atoms with van der Waals surface area (Å²) in [5, 5.41) is 2.95. The average molecular weight is 279 g/mol. The number of carbonyl (C=O) groups is 2. The molecule has 1 N–H and O–H groups in total. The molecule has 1 amide bonds. The minimum atomic E-state index is -0.0827. The zero-order chi connectivity index (χ0) is 14.7. The van der Waals surface area contributed by atoms with Gasteiger partial charge in [-0.15, -0.1) is 0 Å². The molecule has 2 aromatic rings. The molecular formula is C18H17NO2. The highest BCUT2D eigenvalue weighted by atomic mass is 16.1. The van der Waals surface area contributed by atoms with Gasteiger partial charge in [0, 0.05) is 11.3 Å². The first-order valence-electron chi connectivity index (χ1n) is 7.22. The summed E-state index contributed by atoms with van der Waals surface area (Å²) in [4.78, 5) is 23.1. The number of nitrogens with one attached hydrogen (secondary N) is 1. The highest BCUT2D eigenvalue weighted by molar-refractivity contribution is 5.96. The molecule has 1 unspecified atom stereocenters. The lowest BCUT2D eigenvalue weighted by molar-refractivity contribution is -0.117. The maximum absolute atomic E-state index is 12.5. The Hall–Kier alpha value is -2.42. The predicted molar refractivity (Wildman–Crippen MR) is 82.6 cm³/mol. The Labute approximate surface area is 124 Å². The summed E-state index contributed by atoms with van der Waals surface area (Å²) >= 11 is 0. The van der Waals surface area contributed by atoms with Gasteiger partial charge in [0.2, 0.25) is 5.91 Å². The highest BCUT2D eigenvalue weighted by Crippen LogP contribution is 2.32. The molecule has 0 fully saturated rings. The summed E-state index contributed by atoms with van der Waals surface area (Å²) in [7, 11) is 0. The Morgan fingerprint density at radius 3 is 2.62 bits per heavy atom. The van der Waals surface area contributed by atoms with Gasteiger partial charge in [-0.1, -0.05) is 24.3 Å². The van der Waals surface area contributed by atoms with Gasteiger partial charge >= 0.3 is 0 Å². The molecule has 3 nitrogen and oxygen atoms in total. The lowest BCUT2D eigenvalue weighted by Crippen LogP contribution is -2.24. The second-order valence-corrected chi connectivity index (χ2v) is 5.37. The van der Waals surface area contributed by atoms with Crippen molar-refractivity contribution < 1.29 is 9.59 Å². The molecule has 21 heavy (non-hydrogen) atoms. The molecule has 0 spiro atoms. The first-order chi connectivity index (χ1) is 10.3. The smallest absolute Gasteiger partial charge is 0.231 e. The van der Waals surface area contributed by atoms with E-state index in [-0.39, 0.29) is 11.8 Å². The fraction of sp³-hybridized carbons (Fsp3) is 0.222. The lowest BCUT2D eigenvalue weighted by atomic mass is 9.82. The maximum Gasteiger partial charge on any atom is 0.231 e. The van der Waals surface area contributed by atoms with E-state index in [1.807, 2.05) is 18.2 Å². The van der Waals surface area contributed by atoms with Crippen molar-refractivity contribution in [2.75, 3.05) is 5.32 Å². The van der Waals surface area contributed by atoms with E-state index < -0.39 is 0 Å². The van der Waals surface area contributed by atoms with Crippen molar-refractivity contribution in [1.29, 1.82) is 0 Å². The van der Waals surface area contributed by atoms with Gasteiger partial charge in [0.05, 0.1) is 5.92 Å². The minimum Gasteiger partial charge on any atom is -0.326 e. The van der Waals surface area contributed by atoms with Crippen molar-refractivity contribution in [3.8, 4) is 0 Å².